The molecule has 1 heterocycles. The van der Waals surface area contributed by atoms with E-state index < -0.39 is 6.61 Å². The molecule has 1 N–H and O–H groups in total. The van der Waals surface area contributed by atoms with E-state index in [1.807, 2.05) is 36.4 Å². The van der Waals surface area contributed by atoms with Crippen LogP contribution in [0, 0.1) is 0 Å². The molecule has 0 fully saturated rings. The average molecular weight is 388 g/mol. The molecule has 0 atom stereocenters. The van der Waals surface area contributed by atoms with Crippen LogP contribution in [0.1, 0.15) is 16.7 Å². The lowest BCUT2D eigenvalue weighted by Crippen LogP contribution is -2.14. The van der Waals surface area contributed by atoms with Crippen LogP contribution in [0.4, 0.5) is 8.78 Å². The Morgan fingerprint density at radius 1 is 1.00 bits per heavy atom. The van der Waals surface area contributed by atoms with E-state index in [1.165, 1.54) is 5.56 Å². The third kappa shape index (κ3) is 5.53. The van der Waals surface area contributed by atoms with Crippen LogP contribution in [-0.2, 0) is 24.2 Å². The van der Waals surface area contributed by atoms with Crippen molar-refractivity contribution in [3.63, 3.8) is 0 Å². The predicted octanol–water partition coefficient (Wildman–Crippen LogP) is 4.63. The van der Waals surface area contributed by atoms with E-state index >= 15 is 0 Å². The van der Waals surface area contributed by atoms with Crippen molar-refractivity contribution in [2.45, 2.75) is 26.1 Å². The van der Waals surface area contributed by atoms with Crippen molar-refractivity contribution < 1.29 is 18.3 Å². The van der Waals surface area contributed by atoms with Crippen molar-refractivity contribution in [1.82, 2.24) is 9.88 Å². The van der Waals surface area contributed by atoms with Crippen LogP contribution in [0.2, 0.25) is 0 Å². The summed E-state index contributed by atoms with van der Waals surface area (Å²) in [5.74, 6) is 0.863. The van der Waals surface area contributed by atoms with Gasteiger partial charge in [0.15, 0.2) is 0 Å². The quantitative estimate of drug-likeness (QED) is 0.550. The summed E-state index contributed by atoms with van der Waals surface area (Å²) in [6, 6.07) is 13.8. The Balaban J connectivity index is 1.64. The third-order valence-electron chi connectivity index (χ3n) is 4.63. The molecule has 3 aromatic rings. The lowest BCUT2D eigenvalue weighted by atomic mass is 10.1. The van der Waals surface area contributed by atoms with Gasteiger partial charge in [0.05, 0.1) is 6.61 Å². The molecule has 3 rings (SSSR count). The van der Waals surface area contributed by atoms with Gasteiger partial charge in [0.2, 0.25) is 0 Å². The number of likely N-dealkylation sites (N-methyl/N-ethyl adjacent to an activating group) is 1. The average Bonchev–Trinajstić information content (AvgIpc) is 3.09. The largest absolute Gasteiger partial charge is 0.488 e. The highest BCUT2D eigenvalue weighted by molar-refractivity contribution is 5.89. The van der Waals surface area contributed by atoms with Crippen LogP contribution in [0.5, 0.6) is 5.75 Å². The summed E-state index contributed by atoms with van der Waals surface area (Å²) in [5.41, 5.74) is 4.30. The van der Waals surface area contributed by atoms with Gasteiger partial charge < -0.3 is 19.4 Å². The Morgan fingerprint density at radius 2 is 1.75 bits per heavy atom. The molecule has 1 aromatic heterocycles. The Labute approximate surface area is 164 Å². The summed E-state index contributed by atoms with van der Waals surface area (Å²) in [6.07, 6.45) is 3.46. The molecule has 0 aliphatic rings. The van der Waals surface area contributed by atoms with Crippen molar-refractivity contribution >= 4 is 10.9 Å². The van der Waals surface area contributed by atoms with Crippen LogP contribution in [0.25, 0.3) is 10.9 Å². The summed E-state index contributed by atoms with van der Waals surface area (Å²) in [6.45, 7) is -1.28. The van der Waals surface area contributed by atoms with Crippen molar-refractivity contribution in [3.8, 4) is 5.75 Å². The zero-order valence-corrected chi connectivity index (χ0v) is 16.3. The minimum Gasteiger partial charge on any atom is -0.488 e. The molecule has 0 radical (unpaired) electrons. The van der Waals surface area contributed by atoms with E-state index in [4.69, 9.17) is 4.74 Å². The number of fused-ring (bicyclic) bond motifs is 1. The van der Waals surface area contributed by atoms with Gasteiger partial charge in [0.1, 0.15) is 12.4 Å². The molecule has 0 bridgehead atoms. The lowest BCUT2D eigenvalue weighted by Gasteiger charge is -2.12. The third-order valence-corrected chi connectivity index (χ3v) is 4.63. The second kappa shape index (κ2) is 9.66. The molecule has 0 saturated heterocycles. The molecule has 0 saturated carbocycles. The fraction of sp³-hybridized carbons (Fsp3) is 0.364. The molecule has 4 nitrogen and oxygen atoms in total. The zero-order valence-electron chi connectivity index (χ0n) is 16.3. The first-order chi connectivity index (χ1) is 13.5. The normalized spacial score (nSPS) is 11.6. The first kappa shape index (κ1) is 20.3. The first-order valence-electron chi connectivity index (χ1n) is 9.37. The fourth-order valence-corrected chi connectivity index (χ4v) is 3.11. The highest BCUT2D eigenvalue weighted by Gasteiger charge is 2.10. The van der Waals surface area contributed by atoms with E-state index in [0.717, 1.165) is 40.7 Å². The van der Waals surface area contributed by atoms with Gasteiger partial charge in [-0.25, -0.2) is 0 Å². The van der Waals surface area contributed by atoms with E-state index in [2.05, 4.69) is 41.0 Å². The maximum atomic E-state index is 12.0. The number of H-pyrrole nitrogens is 1. The fourth-order valence-electron chi connectivity index (χ4n) is 3.11. The summed E-state index contributed by atoms with van der Waals surface area (Å²) < 4.78 is 34.4. The monoisotopic (exact) mass is 388 g/mol. The predicted molar refractivity (Wildman–Crippen MR) is 107 cm³/mol. The summed E-state index contributed by atoms with van der Waals surface area (Å²) in [7, 11) is 4.13. The Bertz CT molecular complexity index is 876. The van der Waals surface area contributed by atoms with Gasteiger partial charge in [-0.3, -0.25) is 0 Å². The number of aromatic amines is 1. The highest BCUT2D eigenvalue weighted by Crippen LogP contribution is 2.30. The van der Waals surface area contributed by atoms with E-state index in [1.54, 1.807) is 0 Å². The number of rotatable bonds is 10. The number of benzene rings is 2. The number of halogens is 2. The maximum Gasteiger partial charge on any atom is 0.345 e. The maximum absolute atomic E-state index is 12.0. The number of aromatic nitrogens is 1. The Morgan fingerprint density at radius 3 is 2.46 bits per heavy atom. The molecule has 0 unspecified atom stereocenters. The number of ether oxygens (including phenoxy) is 2. The Kier molecular flexibility index (Phi) is 7.01. The van der Waals surface area contributed by atoms with Crippen molar-refractivity contribution in [3.05, 3.63) is 65.4 Å². The first-order valence-corrected chi connectivity index (χ1v) is 9.37. The molecular weight excluding hydrogens is 362 g/mol. The van der Waals surface area contributed by atoms with Crippen LogP contribution in [0.3, 0.4) is 0 Å². The van der Waals surface area contributed by atoms with Gasteiger partial charge in [0.25, 0.3) is 0 Å². The van der Waals surface area contributed by atoms with Crippen LogP contribution < -0.4 is 4.74 Å². The second-order valence-electron chi connectivity index (χ2n) is 7.03. The van der Waals surface area contributed by atoms with E-state index in [9.17, 15) is 8.78 Å². The van der Waals surface area contributed by atoms with Crippen molar-refractivity contribution in [2.24, 2.45) is 0 Å². The van der Waals surface area contributed by atoms with Crippen molar-refractivity contribution in [1.29, 1.82) is 0 Å². The van der Waals surface area contributed by atoms with E-state index in [0.29, 0.717) is 13.0 Å². The van der Waals surface area contributed by atoms with Gasteiger partial charge in [-0.2, -0.15) is 8.78 Å². The van der Waals surface area contributed by atoms with Gasteiger partial charge >= 0.3 is 6.61 Å². The zero-order chi connectivity index (χ0) is 19.9. The van der Waals surface area contributed by atoms with Crippen molar-refractivity contribution in [2.75, 3.05) is 27.2 Å². The lowest BCUT2D eigenvalue weighted by molar-refractivity contribution is -0.127. The van der Waals surface area contributed by atoms with Gasteiger partial charge in [-0.15, -0.1) is 0 Å². The molecule has 0 amide bonds. The number of alkyl halides is 2. The van der Waals surface area contributed by atoms with E-state index in [-0.39, 0.29) is 6.61 Å². The number of hydrogen-bond donors (Lipinski definition) is 1. The molecule has 2 aromatic carbocycles. The molecule has 0 aliphatic heterocycles. The molecular formula is C22H26F2N2O2. The minimum atomic E-state index is -2.72. The topological polar surface area (TPSA) is 37.5 Å². The van der Waals surface area contributed by atoms with Gasteiger partial charge in [-0.05, 0) is 55.8 Å². The highest BCUT2D eigenvalue weighted by atomic mass is 19.3. The molecule has 0 aliphatic carbocycles. The number of nitrogens with zero attached hydrogens (tertiary/aromatic N) is 1. The van der Waals surface area contributed by atoms with Crippen LogP contribution in [-0.4, -0.2) is 43.7 Å². The molecule has 0 spiro atoms. The van der Waals surface area contributed by atoms with Crippen LogP contribution in [0.15, 0.2) is 48.7 Å². The summed E-state index contributed by atoms with van der Waals surface area (Å²) in [5, 5.41) is 1.13. The molecule has 150 valence electrons. The van der Waals surface area contributed by atoms with Gasteiger partial charge in [-0.1, -0.05) is 30.3 Å². The molecule has 28 heavy (non-hydrogen) atoms. The second-order valence-corrected chi connectivity index (χ2v) is 7.03. The summed E-state index contributed by atoms with van der Waals surface area (Å²) in [4.78, 5) is 5.48. The SMILES string of the molecule is CN(C)CCc1c[nH]c2cccc(OCc3ccc(CCOC(F)F)cc3)c12. The molecule has 6 heteroatoms. The van der Waals surface area contributed by atoms with Gasteiger partial charge in [0, 0.05) is 23.6 Å². The van der Waals surface area contributed by atoms with Crippen LogP contribution >= 0.6 is 0 Å². The summed E-state index contributed by atoms with van der Waals surface area (Å²) >= 11 is 0. The minimum absolute atomic E-state index is 0.0126. The Hall–Kier alpha value is -2.44. The number of nitrogens with one attached hydrogen (secondary N) is 1. The smallest absolute Gasteiger partial charge is 0.345 e. The number of hydrogen-bond acceptors (Lipinski definition) is 3. The standard InChI is InChI=1S/C22H26F2N2O2/c1-26(2)12-10-18-14-25-19-4-3-5-20(21(18)19)28-15-17-8-6-16(7-9-17)11-13-27-22(23)24/h3-9,14,22,25H,10-13,15H2,1-2H3.